The van der Waals surface area contributed by atoms with Gasteiger partial charge in [-0.2, -0.15) is 5.10 Å². The standard InChI is InChI=1S/C19H26N4O3/c1-25-12-9-23-14-17(13-21-23)22-18(24)20-15-19(7-10-26-11-8-19)16-5-3-2-4-6-16/h2-6,13-14H,7-12,15H2,1H3,(H2,20,22,24). The van der Waals surface area contributed by atoms with Gasteiger partial charge in [-0.1, -0.05) is 30.3 Å². The van der Waals surface area contributed by atoms with Gasteiger partial charge in [-0.3, -0.25) is 4.68 Å². The number of carbonyl (C=O) groups is 1. The number of urea groups is 1. The highest BCUT2D eigenvalue weighted by atomic mass is 16.5. The van der Waals surface area contributed by atoms with Crippen molar-refractivity contribution in [3.8, 4) is 0 Å². The molecule has 0 unspecified atom stereocenters. The number of hydrogen-bond donors (Lipinski definition) is 2. The van der Waals surface area contributed by atoms with Crippen LogP contribution in [0.25, 0.3) is 0 Å². The van der Waals surface area contributed by atoms with Crippen LogP contribution >= 0.6 is 0 Å². The van der Waals surface area contributed by atoms with E-state index in [9.17, 15) is 4.79 Å². The van der Waals surface area contributed by atoms with Crippen molar-refractivity contribution in [2.24, 2.45) is 0 Å². The predicted octanol–water partition coefficient (Wildman–Crippen LogP) is 2.40. The summed E-state index contributed by atoms with van der Waals surface area (Å²) < 4.78 is 12.3. The van der Waals surface area contributed by atoms with Crippen LogP contribution in [0.15, 0.2) is 42.7 Å². The zero-order chi connectivity index (χ0) is 18.2. The number of benzene rings is 1. The van der Waals surface area contributed by atoms with Crippen molar-refractivity contribution in [1.82, 2.24) is 15.1 Å². The van der Waals surface area contributed by atoms with Crippen LogP contribution in [0.5, 0.6) is 0 Å². The topological polar surface area (TPSA) is 77.4 Å². The molecule has 26 heavy (non-hydrogen) atoms. The number of nitrogens with one attached hydrogen (secondary N) is 2. The first-order chi connectivity index (χ1) is 12.7. The molecule has 2 N–H and O–H groups in total. The molecule has 7 nitrogen and oxygen atoms in total. The van der Waals surface area contributed by atoms with Crippen molar-refractivity contribution >= 4 is 11.7 Å². The third-order valence-electron chi connectivity index (χ3n) is 4.84. The molecule has 0 bridgehead atoms. The van der Waals surface area contributed by atoms with Crippen molar-refractivity contribution in [1.29, 1.82) is 0 Å². The molecule has 7 heteroatoms. The van der Waals surface area contributed by atoms with Gasteiger partial charge in [-0.15, -0.1) is 0 Å². The lowest BCUT2D eigenvalue weighted by Crippen LogP contribution is -2.45. The molecule has 3 rings (SSSR count). The maximum atomic E-state index is 12.3. The minimum atomic E-state index is -0.224. The molecule has 0 radical (unpaired) electrons. The molecule has 1 fully saturated rings. The summed E-state index contributed by atoms with van der Waals surface area (Å²) in [6.45, 7) is 3.23. The molecule has 1 aliphatic rings. The zero-order valence-corrected chi connectivity index (χ0v) is 15.1. The van der Waals surface area contributed by atoms with Crippen LogP contribution in [0.3, 0.4) is 0 Å². The smallest absolute Gasteiger partial charge is 0.319 e. The molecule has 1 aliphatic heterocycles. The van der Waals surface area contributed by atoms with Crippen molar-refractivity contribution in [3.63, 3.8) is 0 Å². The van der Waals surface area contributed by atoms with Gasteiger partial charge in [-0.25, -0.2) is 4.79 Å². The molecule has 2 aromatic rings. The van der Waals surface area contributed by atoms with Crippen LogP contribution in [0.2, 0.25) is 0 Å². The molecule has 0 aliphatic carbocycles. The minimum absolute atomic E-state index is 0.0838. The van der Waals surface area contributed by atoms with E-state index in [1.807, 2.05) is 18.2 Å². The third-order valence-corrected chi connectivity index (χ3v) is 4.84. The Morgan fingerprint density at radius 2 is 2.08 bits per heavy atom. The van der Waals surface area contributed by atoms with Crippen LogP contribution in [-0.4, -0.2) is 49.3 Å². The number of methoxy groups -OCH3 is 1. The fraction of sp³-hybridized carbons (Fsp3) is 0.474. The number of aromatic nitrogens is 2. The Hall–Kier alpha value is -2.38. The highest BCUT2D eigenvalue weighted by Gasteiger charge is 2.34. The van der Waals surface area contributed by atoms with E-state index >= 15 is 0 Å². The summed E-state index contributed by atoms with van der Waals surface area (Å²) in [7, 11) is 1.65. The quantitative estimate of drug-likeness (QED) is 0.797. The van der Waals surface area contributed by atoms with Gasteiger partial charge in [0, 0.05) is 38.5 Å². The minimum Gasteiger partial charge on any atom is -0.383 e. The van der Waals surface area contributed by atoms with Crippen molar-refractivity contribution in [2.45, 2.75) is 24.8 Å². The average Bonchev–Trinajstić information content (AvgIpc) is 3.13. The van der Waals surface area contributed by atoms with Gasteiger partial charge in [0.05, 0.1) is 25.0 Å². The van der Waals surface area contributed by atoms with Crippen molar-refractivity contribution < 1.29 is 14.3 Å². The molecule has 2 heterocycles. The van der Waals surface area contributed by atoms with Gasteiger partial charge in [0.15, 0.2) is 0 Å². The molecule has 1 aromatic heterocycles. The van der Waals surface area contributed by atoms with Gasteiger partial charge in [0.25, 0.3) is 0 Å². The van der Waals surface area contributed by atoms with Crippen molar-refractivity contribution in [2.75, 3.05) is 38.8 Å². The van der Waals surface area contributed by atoms with E-state index in [1.54, 1.807) is 24.2 Å². The largest absolute Gasteiger partial charge is 0.383 e. The lowest BCUT2D eigenvalue weighted by atomic mass is 9.74. The highest BCUT2D eigenvalue weighted by molar-refractivity contribution is 5.88. The summed E-state index contributed by atoms with van der Waals surface area (Å²) in [4.78, 5) is 12.3. The summed E-state index contributed by atoms with van der Waals surface area (Å²) in [5.41, 5.74) is 1.83. The van der Waals surface area contributed by atoms with Crippen LogP contribution < -0.4 is 10.6 Å². The van der Waals surface area contributed by atoms with Crippen LogP contribution in [0.4, 0.5) is 10.5 Å². The van der Waals surface area contributed by atoms with Crippen LogP contribution in [-0.2, 0) is 21.4 Å². The van der Waals surface area contributed by atoms with Crippen LogP contribution in [0, 0.1) is 0 Å². The third kappa shape index (κ3) is 4.62. The molecule has 140 valence electrons. The predicted molar refractivity (Wildman–Crippen MR) is 99.3 cm³/mol. The molecular formula is C19H26N4O3. The zero-order valence-electron chi connectivity index (χ0n) is 15.1. The average molecular weight is 358 g/mol. The number of hydrogen-bond acceptors (Lipinski definition) is 4. The highest BCUT2D eigenvalue weighted by Crippen LogP contribution is 2.34. The number of rotatable bonds is 7. The van der Waals surface area contributed by atoms with E-state index in [4.69, 9.17) is 9.47 Å². The first-order valence-corrected chi connectivity index (χ1v) is 8.91. The number of ether oxygens (including phenoxy) is 2. The molecule has 0 atom stereocenters. The number of carbonyl (C=O) groups excluding carboxylic acids is 1. The summed E-state index contributed by atoms with van der Waals surface area (Å²) in [6.07, 6.45) is 5.22. The Bertz CT molecular complexity index is 696. The Balaban J connectivity index is 1.58. The Kier molecular flexibility index (Phi) is 6.25. The SMILES string of the molecule is COCCn1cc(NC(=O)NCC2(c3ccccc3)CCOCC2)cn1. The fourth-order valence-electron chi connectivity index (χ4n) is 3.28. The second-order valence-corrected chi connectivity index (χ2v) is 6.55. The van der Waals surface area contributed by atoms with E-state index in [0.717, 1.165) is 12.8 Å². The van der Waals surface area contributed by atoms with Gasteiger partial charge in [0.2, 0.25) is 0 Å². The normalized spacial score (nSPS) is 16.2. The maximum Gasteiger partial charge on any atom is 0.319 e. The molecule has 2 amide bonds. The molecule has 1 saturated heterocycles. The fourth-order valence-corrected chi connectivity index (χ4v) is 3.28. The maximum absolute atomic E-state index is 12.3. The lowest BCUT2D eigenvalue weighted by Gasteiger charge is -2.37. The van der Waals surface area contributed by atoms with Gasteiger partial charge >= 0.3 is 6.03 Å². The summed E-state index contributed by atoms with van der Waals surface area (Å²) in [5.74, 6) is 0. The van der Waals surface area contributed by atoms with Gasteiger partial charge in [0.1, 0.15) is 0 Å². The summed E-state index contributed by atoms with van der Waals surface area (Å²) in [6, 6.07) is 10.1. The van der Waals surface area contributed by atoms with Crippen molar-refractivity contribution in [3.05, 3.63) is 48.3 Å². The second-order valence-electron chi connectivity index (χ2n) is 6.55. The van der Waals surface area contributed by atoms with E-state index in [-0.39, 0.29) is 11.4 Å². The molecular weight excluding hydrogens is 332 g/mol. The monoisotopic (exact) mass is 358 g/mol. The van der Waals surface area contributed by atoms with Gasteiger partial charge < -0.3 is 20.1 Å². The lowest BCUT2D eigenvalue weighted by molar-refractivity contribution is 0.0508. The number of nitrogens with zero attached hydrogens (tertiary/aromatic N) is 2. The molecule has 1 aromatic carbocycles. The van der Waals surface area contributed by atoms with Gasteiger partial charge in [-0.05, 0) is 18.4 Å². The first kappa shape index (κ1) is 18.4. The van der Waals surface area contributed by atoms with E-state index in [2.05, 4.69) is 27.9 Å². The summed E-state index contributed by atoms with van der Waals surface area (Å²) in [5, 5.41) is 10.1. The Morgan fingerprint density at radius 1 is 1.31 bits per heavy atom. The number of amides is 2. The Labute approximate surface area is 153 Å². The second kappa shape index (κ2) is 8.82. The first-order valence-electron chi connectivity index (χ1n) is 8.91. The number of anilines is 1. The molecule has 0 saturated carbocycles. The summed E-state index contributed by atoms with van der Waals surface area (Å²) >= 11 is 0. The van der Waals surface area contributed by atoms with E-state index in [0.29, 0.717) is 38.6 Å². The van der Waals surface area contributed by atoms with E-state index in [1.165, 1.54) is 5.56 Å². The van der Waals surface area contributed by atoms with E-state index < -0.39 is 0 Å². The molecule has 0 spiro atoms. The Morgan fingerprint density at radius 3 is 2.81 bits per heavy atom. The van der Waals surface area contributed by atoms with Crippen LogP contribution in [0.1, 0.15) is 18.4 Å².